The largest absolute Gasteiger partial charge is 0.347 e. The van der Waals surface area contributed by atoms with Crippen molar-refractivity contribution in [1.29, 1.82) is 0 Å². The SMILES string of the molecule is NNc1ccc(C(=O)NC23CC4CC(CC(C4)C2)C3)cn1. The van der Waals surface area contributed by atoms with E-state index in [9.17, 15) is 4.79 Å². The number of hydrogen-bond acceptors (Lipinski definition) is 4. The maximum Gasteiger partial charge on any atom is 0.253 e. The van der Waals surface area contributed by atoms with Crippen LogP contribution >= 0.6 is 0 Å². The molecule has 0 aliphatic heterocycles. The van der Waals surface area contributed by atoms with Crippen LogP contribution in [0.25, 0.3) is 0 Å². The third-order valence-electron chi connectivity index (χ3n) is 5.59. The van der Waals surface area contributed by atoms with Crippen LogP contribution in [0, 0.1) is 17.8 Å². The second-order valence-electron chi connectivity index (χ2n) is 7.23. The summed E-state index contributed by atoms with van der Waals surface area (Å²) in [6.07, 6.45) is 9.24. The van der Waals surface area contributed by atoms with E-state index in [1.165, 1.54) is 38.5 Å². The van der Waals surface area contributed by atoms with Crippen molar-refractivity contribution >= 4 is 11.7 Å². The van der Waals surface area contributed by atoms with Gasteiger partial charge in [0.25, 0.3) is 5.91 Å². The Balaban J connectivity index is 1.51. The van der Waals surface area contributed by atoms with Crippen LogP contribution in [0.3, 0.4) is 0 Å². The normalized spacial score (nSPS) is 36.5. The number of rotatable bonds is 3. The first kappa shape index (κ1) is 13.1. The summed E-state index contributed by atoms with van der Waals surface area (Å²) in [5.74, 6) is 8.37. The fourth-order valence-electron chi connectivity index (χ4n) is 5.19. The van der Waals surface area contributed by atoms with E-state index >= 15 is 0 Å². The van der Waals surface area contributed by atoms with Crippen molar-refractivity contribution in [2.45, 2.75) is 44.1 Å². The smallest absolute Gasteiger partial charge is 0.253 e. The zero-order valence-corrected chi connectivity index (χ0v) is 12.1. The highest BCUT2D eigenvalue weighted by atomic mass is 16.1. The molecule has 5 heteroatoms. The monoisotopic (exact) mass is 286 g/mol. The minimum Gasteiger partial charge on any atom is -0.347 e. The summed E-state index contributed by atoms with van der Waals surface area (Å²) >= 11 is 0. The van der Waals surface area contributed by atoms with Gasteiger partial charge in [-0.1, -0.05) is 0 Å². The summed E-state index contributed by atoms with van der Waals surface area (Å²) in [5, 5.41) is 3.35. The molecule has 0 aromatic carbocycles. The maximum absolute atomic E-state index is 12.5. The Bertz CT molecular complexity index is 519. The lowest BCUT2D eigenvalue weighted by molar-refractivity contribution is -0.0167. The Morgan fingerprint density at radius 3 is 2.24 bits per heavy atom. The van der Waals surface area contributed by atoms with Gasteiger partial charge in [-0.2, -0.15) is 0 Å². The number of carbonyl (C=O) groups excluding carboxylic acids is 1. The summed E-state index contributed by atoms with van der Waals surface area (Å²) in [6.45, 7) is 0. The highest BCUT2D eigenvalue weighted by Crippen LogP contribution is 2.55. The molecule has 5 rings (SSSR count). The lowest BCUT2D eigenvalue weighted by Gasteiger charge is -2.56. The number of nitrogens with two attached hydrogens (primary N) is 1. The van der Waals surface area contributed by atoms with Crippen molar-refractivity contribution in [3.05, 3.63) is 23.9 Å². The third kappa shape index (κ3) is 2.29. The predicted octanol–water partition coefficient (Wildman–Crippen LogP) is 2.07. The van der Waals surface area contributed by atoms with E-state index in [2.05, 4.69) is 15.7 Å². The fourth-order valence-corrected chi connectivity index (χ4v) is 5.19. The number of carbonyl (C=O) groups is 1. The highest BCUT2D eigenvalue weighted by molar-refractivity contribution is 5.94. The van der Waals surface area contributed by atoms with Gasteiger partial charge < -0.3 is 10.7 Å². The molecule has 4 bridgehead atoms. The zero-order chi connectivity index (χ0) is 14.4. The summed E-state index contributed by atoms with van der Waals surface area (Å²) in [5.41, 5.74) is 3.14. The average Bonchev–Trinajstić information content (AvgIpc) is 2.45. The van der Waals surface area contributed by atoms with Crippen LogP contribution in [0.15, 0.2) is 18.3 Å². The molecule has 4 saturated carbocycles. The van der Waals surface area contributed by atoms with E-state index in [4.69, 9.17) is 5.84 Å². The van der Waals surface area contributed by atoms with E-state index in [-0.39, 0.29) is 11.4 Å². The van der Waals surface area contributed by atoms with Crippen molar-refractivity contribution in [3.63, 3.8) is 0 Å². The minimum atomic E-state index is 0.00743. The minimum absolute atomic E-state index is 0.00743. The van der Waals surface area contributed by atoms with Crippen LogP contribution in [0.2, 0.25) is 0 Å². The van der Waals surface area contributed by atoms with Gasteiger partial charge in [-0.25, -0.2) is 10.8 Å². The molecule has 0 spiro atoms. The van der Waals surface area contributed by atoms with Crippen LogP contribution in [0.1, 0.15) is 48.9 Å². The zero-order valence-electron chi connectivity index (χ0n) is 12.1. The number of amides is 1. The first-order chi connectivity index (χ1) is 10.2. The molecule has 1 amide bonds. The number of nitrogen functional groups attached to an aromatic ring is 1. The molecule has 0 unspecified atom stereocenters. The van der Waals surface area contributed by atoms with E-state index in [1.54, 1.807) is 18.3 Å². The molecule has 1 aromatic heterocycles. The molecule has 0 radical (unpaired) electrons. The van der Waals surface area contributed by atoms with Gasteiger partial charge in [-0.05, 0) is 68.4 Å². The molecule has 4 aliphatic rings. The van der Waals surface area contributed by atoms with Gasteiger partial charge in [0.1, 0.15) is 5.82 Å². The van der Waals surface area contributed by atoms with Crippen molar-refractivity contribution < 1.29 is 4.79 Å². The van der Waals surface area contributed by atoms with Gasteiger partial charge >= 0.3 is 0 Å². The topological polar surface area (TPSA) is 80.0 Å². The first-order valence-electron chi connectivity index (χ1n) is 7.91. The Morgan fingerprint density at radius 2 is 1.76 bits per heavy atom. The fraction of sp³-hybridized carbons (Fsp3) is 0.625. The number of anilines is 1. The molecular weight excluding hydrogens is 264 g/mol. The van der Waals surface area contributed by atoms with Gasteiger partial charge in [0, 0.05) is 11.7 Å². The standard InChI is InChI=1S/C16H22N4O/c17-20-14-2-1-13(9-18-14)15(21)19-16-6-10-3-11(7-16)5-12(4-10)8-16/h1-2,9-12H,3-8,17H2,(H,18,20)(H,19,21). The van der Waals surface area contributed by atoms with E-state index in [0.717, 1.165) is 17.8 Å². The maximum atomic E-state index is 12.5. The van der Waals surface area contributed by atoms with Gasteiger partial charge in [0.2, 0.25) is 0 Å². The van der Waals surface area contributed by atoms with E-state index in [1.807, 2.05) is 0 Å². The molecule has 1 heterocycles. The summed E-state index contributed by atoms with van der Waals surface area (Å²) in [7, 11) is 0. The molecule has 5 nitrogen and oxygen atoms in total. The van der Waals surface area contributed by atoms with Crippen molar-refractivity contribution in [2.75, 3.05) is 5.43 Å². The van der Waals surface area contributed by atoms with Gasteiger partial charge in [0.15, 0.2) is 0 Å². The number of hydrogen-bond donors (Lipinski definition) is 3. The van der Waals surface area contributed by atoms with Crippen molar-refractivity contribution in [3.8, 4) is 0 Å². The van der Waals surface area contributed by atoms with Crippen LogP contribution in [-0.4, -0.2) is 16.4 Å². The molecule has 4 N–H and O–H groups in total. The van der Waals surface area contributed by atoms with E-state index in [0.29, 0.717) is 11.4 Å². The summed E-state index contributed by atoms with van der Waals surface area (Å²) in [6, 6.07) is 3.51. The Hall–Kier alpha value is -1.62. The van der Waals surface area contributed by atoms with Crippen LogP contribution in [0.5, 0.6) is 0 Å². The lowest BCUT2D eigenvalue weighted by atomic mass is 9.53. The summed E-state index contributed by atoms with van der Waals surface area (Å²) in [4.78, 5) is 16.6. The molecule has 1 aromatic rings. The number of hydrazine groups is 1. The van der Waals surface area contributed by atoms with Crippen molar-refractivity contribution in [1.82, 2.24) is 10.3 Å². The molecule has 21 heavy (non-hydrogen) atoms. The highest BCUT2D eigenvalue weighted by Gasteiger charge is 2.51. The van der Waals surface area contributed by atoms with Gasteiger partial charge in [-0.3, -0.25) is 4.79 Å². The predicted molar refractivity (Wildman–Crippen MR) is 80.4 cm³/mol. The molecule has 4 aliphatic carbocycles. The lowest BCUT2D eigenvalue weighted by Crippen LogP contribution is -2.59. The molecular formula is C16H22N4O. The number of pyridine rings is 1. The first-order valence-corrected chi connectivity index (χ1v) is 7.91. The van der Waals surface area contributed by atoms with Crippen LogP contribution in [-0.2, 0) is 0 Å². The van der Waals surface area contributed by atoms with Gasteiger partial charge in [0.05, 0.1) is 5.56 Å². The Labute approximate surface area is 124 Å². The Kier molecular flexibility index (Phi) is 2.92. The third-order valence-corrected chi connectivity index (χ3v) is 5.59. The van der Waals surface area contributed by atoms with Crippen molar-refractivity contribution in [2.24, 2.45) is 23.6 Å². The quantitative estimate of drug-likeness (QED) is 0.587. The average molecular weight is 286 g/mol. The second-order valence-corrected chi connectivity index (χ2v) is 7.23. The molecule has 0 saturated heterocycles. The number of aromatic nitrogens is 1. The Morgan fingerprint density at radius 1 is 1.14 bits per heavy atom. The van der Waals surface area contributed by atoms with Gasteiger partial charge in [-0.15, -0.1) is 0 Å². The molecule has 112 valence electrons. The number of nitrogens with zero attached hydrogens (tertiary/aromatic N) is 1. The molecule has 4 fully saturated rings. The van der Waals surface area contributed by atoms with E-state index < -0.39 is 0 Å². The summed E-state index contributed by atoms with van der Waals surface area (Å²) < 4.78 is 0. The van der Waals surface area contributed by atoms with Crippen LogP contribution < -0.4 is 16.6 Å². The number of nitrogens with one attached hydrogen (secondary N) is 2. The van der Waals surface area contributed by atoms with Crippen LogP contribution in [0.4, 0.5) is 5.82 Å². The second kappa shape index (κ2) is 4.70. The molecule has 0 atom stereocenters.